The number of ether oxygens (including phenoxy) is 1. The molecule has 0 saturated heterocycles. The second-order valence-corrected chi connectivity index (χ2v) is 5.60. The van der Waals surface area contributed by atoms with Crippen LogP contribution in [0.1, 0.15) is 37.2 Å². The lowest BCUT2D eigenvalue weighted by Crippen LogP contribution is -2.09. The average molecular weight is 237 g/mol. The summed E-state index contributed by atoms with van der Waals surface area (Å²) in [6, 6.07) is 6.02. The molecule has 0 aromatic heterocycles. The van der Waals surface area contributed by atoms with Crippen molar-refractivity contribution in [1.82, 2.24) is 0 Å². The Labute approximate surface area is 102 Å². The molecule has 0 radical (unpaired) electrons. The van der Waals surface area contributed by atoms with Crippen LogP contribution >= 0.6 is 11.6 Å². The second kappa shape index (κ2) is 3.96. The summed E-state index contributed by atoms with van der Waals surface area (Å²) in [4.78, 5) is 0. The SMILES string of the molecule is COc1ccc(Cl)cc1[C@H]1C[C@@H]2CC[C@H]1C2. The number of hydrogen-bond acceptors (Lipinski definition) is 1. The van der Waals surface area contributed by atoms with E-state index in [1.807, 2.05) is 12.1 Å². The van der Waals surface area contributed by atoms with Gasteiger partial charge in [0.15, 0.2) is 0 Å². The van der Waals surface area contributed by atoms with Crippen LogP contribution in [0.2, 0.25) is 5.02 Å². The van der Waals surface area contributed by atoms with E-state index in [2.05, 4.69) is 6.07 Å². The Kier molecular flexibility index (Phi) is 2.59. The first-order chi connectivity index (χ1) is 7.78. The van der Waals surface area contributed by atoms with Crippen molar-refractivity contribution < 1.29 is 4.74 Å². The summed E-state index contributed by atoms with van der Waals surface area (Å²) in [5, 5.41) is 0.832. The Balaban J connectivity index is 1.96. The molecule has 2 bridgehead atoms. The molecule has 0 heterocycles. The van der Waals surface area contributed by atoms with Gasteiger partial charge in [-0.25, -0.2) is 0 Å². The quantitative estimate of drug-likeness (QED) is 0.746. The maximum absolute atomic E-state index is 6.10. The van der Waals surface area contributed by atoms with E-state index < -0.39 is 0 Å². The van der Waals surface area contributed by atoms with Gasteiger partial charge < -0.3 is 4.74 Å². The van der Waals surface area contributed by atoms with Crippen molar-refractivity contribution in [3.8, 4) is 5.75 Å². The van der Waals surface area contributed by atoms with Crippen LogP contribution in [0.25, 0.3) is 0 Å². The van der Waals surface area contributed by atoms with Crippen molar-refractivity contribution >= 4 is 11.6 Å². The van der Waals surface area contributed by atoms with Gasteiger partial charge in [0.2, 0.25) is 0 Å². The average Bonchev–Trinajstić information content (AvgIpc) is 2.90. The minimum Gasteiger partial charge on any atom is -0.496 e. The molecule has 3 atom stereocenters. The van der Waals surface area contributed by atoms with Crippen molar-refractivity contribution in [2.75, 3.05) is 7.11 Å². The van der Waals surface area contributed by atoms with E-state index in [0.717, 1.165) is 22.6 Å². The highest BCUT2D eigenvalue weighted by molar-refractivity contribution is 6.30. The molecule has 0 aliphatic heterocycles. The number of hydrogen-bond donors (Lipinski definition) is 0. The van der Waals surface area contributed by atoms with Gasteiger partial charge in [0.25, 0.3) is 0 Å². The fraction of sp³-hybridized carbons (Fsp3) is 0.571. The van der Waals surface area contributed by atoms with Gasteiger partial charge in [0.1, 0.15) is 5.75 Å². The molecular formula is C14H17ClO. The molecule has 1 nitrogen and oxygen atoms in total. The van der Waals surface area contributed by atoms with Gasteiger partial charge in [0, 0.05) is 5.02 Å². The number of methoxy groups -OCH3 is 1. The Hall–Kier alpha value is -0.690. The van der Waals surface area contributed by atoms with E-state index in [0.29, 0.717) is 5.92 Å². The van der Waals surface area contributed by atoms with Gasteiger partial charge in [-0.3, -0.25) is 0 Å². The van der Waals surface area contributed by atoms with Crippen LogP contribution in [0.3, 0.4) is 0 Å². The summed E-state index contributed by atoms with van der Waals surface area (Å²) in [7, 11) is 1.75. The lowest BCUT2D eigenvalue weighted by Gasteiger charge is -2.24. The first kappa shape index (κ1) is 10.5. The molecule has 3 rings (SSSR count). The van der Waals surface area contributed by atoms with Crippen LogP contribution in [0.5, 0.6) is 5.75 Å². The van der Waals surface area contributed by atoms with Crippen LogP contribution in [0.15, 0.2) is 18.2 Å². The molecule has 2 saturated carbocycles. The first-order valence-corrected chi connectivity index (χ1v) is 6.49. The second-order valence-electron chi connectivity index (χ2n) is 5.17. The predicted octanol–water partition coefficient (Wildman–Crippen LogP) is 4.25. The summed E-state index contributed by atoms with van der Waals surface area (Å²) in [6.07, 6.45) is 5.58. The molecule has 1 aromatic rings. The number of fused-ring (bicyclic) bond motifs is 2. The van der Waals surface area contributed by atoms with E-state index in [-0.39, 0.29) is 0 Å². The van der Waals surface area contributed by atoms with Crippen LogP contribution < -0.4 is 4.74 Å². The fourth-order valence-electron chi connectivity index (χ4n) is 3.62. The third kappa shape index (κ3) is 1.62. The smallest absolute Gasteiger partial charge is 0.122 e. The molecule has 0 N–H and O–H groups in total. The molecule has 2 heteroatoms. The van der Waals surface area contributed by atoms with Gasteiger partial charge in [-0.05, 0) is 60.8 Å². The maximum atomic E-state index is 6.10. The minimum absolute atomic E-state index is 0.687. The fourth-order valence-corrected chi connectivity index (χ4v) is 3.80. The van der Waals surface area contributed by atoms with E-state index in [1.165, 1.54) is 31.2 Å². The third-order valence-corrected chi connectivity index (χ3v) is 4.56. The van der Waals surface area contributed by atoms with Crippen LogP contribution in [0, 0.1) is 11.8 Å². The zero-order valence-corrected chi connectivity index (χ0v) is 10.3. The third-order valence-electron chi connectivity index (χ3n) is 4.33. The Morgan fingerprint density at radius 3 is 2.75 bits per heavy atom. The van der Waals surface area contributed by atoms with E-state index in [4.69, 9.17) is 16.3 Å². The monoisotopic (exact) mass is 236 g/mol. The zero-order valence-electron chi connectivity index (χ0n) is 9.58. The van der Waals surface area contributed by atoms with Crippen molar-refractivity contribution in [3.05, 3.63) is 28.8 Å². The summed E-state index contributed by atoms with van der Waals surface area (Å²) in [6.45, 7) is 0. The van der Waals surface area contributed by atoms with Gasteiger partial charge in [-0.2, -0.15) is 0 Å². The van der Waals surface area contributed by atoms with Gasteiger partial charge in [-0.1, -0.05) is 18.0 Å². The molecule has 2 aliphatic rings. The zero-order chi connectivity index (χ0) is 11.1. The van der Waals surface area contributed by atoms with E-state index in [1.54, 1.807) is 7.11 Å². The lowest BCUT2D eigenvalue weighted by atomic mass is 9.83. The summed E-state index contributed by atoms with van der Waals surface area (Å²) in [5.74, 6) is 3.53. The summed E-state index contributed by atoms with van der Waals surface area (Å²) < 4.78 is 5.46. The highest BCUT2D eigenvalue weighted by atomic mass is 35.5. The standard InChI is InChI=1S/C14H17ClO/c1-16-14-5-4-11(15)8-13(14)12-7-9-2-3-10(12)6-9/h4-5,8-10,12H,2-3,6-7H2,1H3/t9-,10+,12+/m1/s1. The van der Waals surface area contributed by atoms with Crippen LogP contribution in [0.4, 0.5) is 0 Å². The van der Waals surface area contributed by atoms with Crippen molar-refractivity contribution in [2.45, 2.75) is 31.6 Å². The molecule has 0 unspecified atom stereocenters. The normalized spacial score (nSPS) is 32.0. The Morgan fingerprint density at radius 1 is 1.25 bits per heavy atom. The van der Waals surface area contributed by atoms with Crippen molar-refractivity contribution in [3.63, 3.8) is 0 Å². The van der Waals surface area contributed by atoms with Gasteiger partial charge >= 0.3 is 0 Å². The molecule has 0 spiro atoms. The van der Waals surface area contributed by atoms with Gasteiger partial charge in [-0.15, -0.1) is 0 Å². The number of rotatable bonds is 2. The highest BCUT2D eigenvalue weighted by Gasteiger charge is 2.41. The summed E-state index contributed by atoms with van der Waals surface area (Å²) in [5.41, 5.74) is 1.34. The molecule has 86 valence electrons. The Morgan fingerprint density at radius 2 is 2.12 bits per heavy atom. The van der Waals surface area contributed by atoms with Crippen LogP contribution in [-0.2, 0) is 0 Å². The molecule has 0 amide bonds. The minimum atomic E-state index is 0.687. The van der Waals surface area contributed by atoms with Crippen LogP contribution in [-0.4, -0.2) is 7.11 Å². The number of halogens is 1. The molecular weight excluding hydrogens is 220 g/mol. The van der Waals surface area contributed by atoms with Gasteiger partial charge in [0.05, 0.1) is 7.11 Å². The Bertz CT molecular complexity index is 402. The van der Waals surface area contributed by atoms with Crippen molar-refractivity contribution in [2.24, 2.45) is 11.8 Å². The molecule has 2 aliphatic carbocycles. The first-order valence-electron chi connectivity index (χ1n) is 6.11. The number of benzene rings is 1. The molecule has 1 aromatic carbocycles. The lowest BCUT2D eigenvalue weighted by molar-refractivity contribution is 0.378. The maximum Gasteiger partial charge on any atom is 0.122 e. The largest absolute Gasteiger partial charge is 0.496 e. The van der Waals surface area contributed by atoms with E-state index >= 15 is 0 Å². The molecule has 16 heavy (non-hydrogen) atoms. The molecule has 2 fully saturated rings. The highest BCUT2D eigenvalue weighted by Crippen LogP contribution is 2.54. The van der Waals surface area contributed by atoms with E-state index in [9.17, 15) is 0 Å². The predicted molar refractivity (Wildman–Crippen MR) is 66.2 cm³/mol. The van der Waals surface area contributed by atoms with Crippen molar-refractivity contribution in [1.29, 1.82) is 0 Å². The topological polar surface area (TPSA) is 9.23 Å². The summed E-state index contributed by atoms with van der Waals surface area (Å²) >= 11 is 6.10.